The van der Waals surface area contributed by atoms with E-state index in [0.717, 1.165) is 0 Å². The standard InChI is InChI=1S/C10H12O3/c1-6-4-9(13-3)7(2)8(5-11)10(6)12/h4-5,12H,1-3H3. The average molecular weight is 180 g/mol. The van der Waals surface area contributed by atoms with Gasteiger partial charge in [0.25, 0.3) is 0 Å². The van der Waals surface area contributed by atoms with Crippen molar-refractivity contribution >= 4 is 6.29 Å². The molecule has 0 atom stereocenters. The zero-order chi connectivity index (χ0) is 10.0. The number of carbonyl (C=O) groups is 1. The van der Waals surface area contributed by atoms with Crippen LogP contribution in [0.3, 0.4) is 0 Å². The van der Waals surface area contributed by atoms with Gasteiger partial charge in [-0.25, -0.2) is 0 Å². The lowest BCUT2D eigenvalue weighted by atomic mass is 10.0. The maximum absolute atomic E-state index is 10.7. The molecule has 0 fully saturated rings. The topological polar surface area (TPSA) is 46.5 Å². The molecule has 3 heteroatoms. The number of ether oxygens (including phenoxy) is 1. The molecule has 0 saturated carbocycles. The normalized spacial score (nSPS) is 9.77. The van der Waals surface area contributed by atoms with Gasteiger partial charge in [-0.2, -0.15) is 0 Å². The third-order valence-corrected chi connectivity index (χ3v) is 2.09. The van der Waals surface area contributed by atoms with E-state index >= 15 is 0 Å². The molecule has 3 nitrogen and oxygen atoms in total. The number of carbonyl (C=O) groups excluding carboxylic acids is 1. The van der Waals surface area contributed by atoms with Crippen LogP contribution in [0.25, 0.3) is 0 Å². The van der Waals surface area contributed by atoms with Crippen molar-refractivity contribution < 1.29 is 14.6 Å². The Morgan fingerprint density at radius 1 is 1.46 bits per heavy atom. The summed E-state index contributed by atoms with van der Waals surface area (Å²) in [6.07, 6.45) is 0.639. The Balaban J connectivity index is 3.47. The van der Waals surface area contributed by atoms with Crippen LogP contribution >= 0.6 is 0 Å². The number of aromatic hydroxyl groups is 1. The Kier molecular flexibility index (Phi) is 2.56. The highest BCUT2D eigenvalue weighted by atomic mass is 16.5. The SMILES string of the molecule is COc1cc(C)c(O)c(C=O)c1C. The Hall–Kier alpha value is -1.51. The van der Waals surface area contributed by atoms with Gasteiger partial charge in [-0.1, -0.05) is 0 Å². The molecule has 0 unspecified atom stereocenters. The lowest BCUT2D eigenvalue weighted by Crippen LogP contribution is -1.95. The number of aryl methyl sites for hydroxylation is 1. The Bertz CT molecular complexity index is 343. The Morgan fingerprint density at radius 2 is 2.08 bits per heavy atom. The summed E-state index contributed by atoms with van der Waals surface area (Å²) in [5, 5.41) is 9.51. The minimum Gasteiger partial charge on any atom is -0.507 e. The van der Waals surface area contributed by atoms with Gasteiger partial charge in [0.1, 0.15) is 11.5 Å². The molecule has 0 amide bonds. The summed E-state index contributed by atoms with van der Waals surface area (Å²) in [6, 6.07) is 1.71. The number of methoxy groups -OCH3 is 1. The van der Waals surface area contributed by atoms with Crippen molar-refractivity contribution in [2.45, 2.75) is 13.8 Å². The summed E-state index contributed by atoms with van der Waals surface area (Å²) in [4.78, 5) is 10.7. The van der Waals surface area contributed by atoms with E-state index in [1.165, 1.54) is 7.11 Å². The first-order chi connectivity index (χ1) is 6.11. The molecule has 0 heterocycles. The zero-order valence-corrected chi connectivity index (χ0v) is 7.92. The van der Waals surface area contributed by atoms with Gasteiger partial charge in [0.15, 0.2) is 6.29 Å². The van der Waals surface area contributed by atoms with E-state index in [1.54, 1.807) is 19.9 Å². The fraction of sp³-hybridized carbons (Fsp3) is 0.300. The summed E-state index contributed by atoms with van der Waals surface area (Å²) in [5.41, 5.74) is 1.61. The largest absolute Gasteiger partial charge is 0.507 e. The van der Waals surface area contributed by atoms with Crippen LogP contribution in [0, 0.1) is 13.8 Å². The zero-order valence-electron chi connectivity index (χ0n) is 7.92. The van der Waals surface area contributed by atoms with Gasteiger partial charge in [-0.15, -0.1) is 0 Å². The maximum Gasteiger partial charge on any atom is 0.154 e. The molecule has 0 spiro atoms. The lowest BCUT2D eigenvalue weighted by molar-refractivity contribution is 0.112. The summed E-state index contributed by atoms with van der Waals surface area (Å²) in [7, 11) is 1.54. The van der Waals surface area contributed by atoms with Gasteiger partial charge in [0.2, 0.25) is 0 Å². The molecule has 1 rings (SSSR count). The first-order valence-electron chi connectivity index (χ1n) is 3.94. The monoisotopic (exact) mass is 180 g/mol. The average Bonchev–Trinajstić information content (AvgIpc) is 2.12. The van der Waals surface area contributed by atoms with Crippen LogP contribution in [0.15, 0.2) is 6.07 Å². The highest BCUT2D eigenvalue weighted by Crippen LogP contribution is 2.31. The molecule has 0 aliphatic heterocycles. The molecule has 0 saturated heterocycles. The van der Waals surface area contributed by atoms with Crippen molar-refractivity contribution in [3.63, 3.8) is 0 Å². The summed E-state index contributed by atoms with van der Waals surface area (Å²) in [6.45, 7) is 3.46. The van der Waals surface area contributed by atoms with Gasteiger partial charge >= 0.3 is 0 Å². The third kappa shape index (κ3) is 1.49. The van der Waals surface area contributed by atoms with Gasteiger partial charge in [0, 0.05) is 5.56 Å². The van der Waals surface area contributed by atoms with Crippen molar-refractivity contribution in [3.8, 4) is 11.5 Å². The molecule has 0 aliphatic carbocycles. The predicted molar refractivity (Wildman–Crippen MR) is 49.5 cm³/mol. The molecule has 1 aromatic carbocycles. The van der Waals surface area contributed by atoms with Crippen LogP contribution in [0.4, 0.5) is 0 Å². The third-order valence-electron chi connectivity index (χ3n) is 2.09. The summed E-state index contributed by atoms with van der Waals surface area (Å²) in [5.74, 6) is 0.658. The van der Waals surface area contributed by atoms with Gasteiger partial charge in [-0.3, -0.25) is 4.79 Å². The molecule has 1 N–H and O–H groups in total. The van der Waals surface area contributed by atoms with Crippen molar-refractivity contribution in [2.75, 3.05) is 7.11 Å². The van der Waals surface area contributed by atoms with Crippen LogP contribution in [0.5, 0.6) is 11.5 Å². The molecule has 70 valence electrons. The highest BCUT2D eigenvalue weighted by molar-refractivity contribution is 5.83. The van der Waals surface area contributed by atoms with Crippen LogP contribution in [-0.2, 0) is 0 Å². The van der Waals surface area contributed by atoms with Gasteiger partial charge in [-0.05, 0) is 25.5 Å². The number of phenols is 1. The molecule has 1 aromatic rings. The number of phenolic OH excluding ortho intramolecular Hbond substituents is 1. The van der Waals surface area contributed by atoms with Crippen LogP contribution in [0.1, 0.15) is 21.5 Å². The maximum atomic E-state index is 10.7. The second kappa shape index (κ2) is 3.47. The van der Waals surface area contributed by atoms with Crippen molar-refractivity contribution in [2.24, 2.45) is 0 Å². The molecule has 0 radical (unpaired) electrons. The van der Waals surface area contributed by atoms with Crippen LogP contribution in [0.2, 0.25) is 0 Å². The van der Waals surface area contributed by atoms with E-state index in [9.17, 15) is 9.90 Å². The van der Waals surface area contributed by atoms with Crippen LogP contribution < -0.4 is 4.74 Å². The molecule has 0 bridgehead atoms. The molecular formula is C10H12O3. The van der Waals surface area contributed by atoms with Crippen LogP contribution in [-0.4, -0.2) is 18.5 Å². The smallest absolute Gasteiger partial charge is 0.154 e. The van der Waals surface area contributed by atoms with E-state index in [0.29, 0.717) is 28.7 Å². The quantitative estimate of drug-likeness (QED) is 0.706. The second-order valence-electron chi connectivity index (χ2n) is 2.90. The van der Waals surface area contributed by atoms with E-state index < -0.39 is 0 Å². The highest BCUT2D eigenvalue weighted by Gasteiger charge is 2.11. The van der Waals surface area contributed by atoms with Gasteiger partial charge < -0.3 is 9.84 Å². The minimum atomic E-state index is 0.0355. The minimum absolute atomic E-state index is 0.0355. The first kappa shape index (κ1) is 9.58. The molecular weight excluding hydrogens is 168 g/mol. The fourth-order valence-electron chi connectivity index (χ4n) is 1.25. The van der Waals surface area contributed by atoms with Gasteiger partial charge in [0.05, 0.1) is 12.7 Å². The van der Waals surface area contributed by atoms with Crippen molar-refractivity contribution in [3.05, 3.63) is 22.8 Å². The number of hydrogen-bond acceptors (Lipinski definition) is 3. The van der Waals surface area contributed by atoms with Crippen molar-refractivity contribution in [1.29, 1.82) is 0 Å². The summed E-state index contributed by atoms with van der Waals surface area (Å²) < 4.78 is 5.05. The van der Waals surface area contributed by atoms with E-state index in [1.807, 2.05) is 0 Å². The number of rotatable bonds is 2. The van der Waals surface area contributed by atoms with E-state index in [2.05, 4.69) is 0 Å². The number of benzene rings is 1. The lowest BCUT2D eigenvalue weighted by Gasteiger charge is -2.10. The first-order valence-corrected chi connectivity index (χ1v) is 3.94. The Labute approximate surface area is 77.0 Å². The second-order valence-corrected chi connectivity index (χ2v) is 2.90. The molecule has 0 aromatic heterocycles. The number of aldehydes is 1. The van der Waals surface area contributed by atoms with E-state index in [-0.39, 0.29) is 5.75 Å². The fourth-order valence-corrected chi connectivity index (χ4v) is 1.25. The molecule has 0 aliphatic rings. The number of hydrogen-bond donors (Lipinski definition) is 1. The van der Waals surface area contributed by atoms with E-state index in [4.69, 9.17) is 4.74 Å². The summed E-state index contributed by atoms with van der Waals surface area (Å²) >= 11 is 0. The molecule has 13 heavy (non-hydrogen) atoms. The van der Waals surface area contributed by atoms with Crippen molar-refractivity contribution in [1.82, 2.24) is 0 Å². The predicted octanol–water partition coefficient (Wildman–Crippen LogP) is 1.83. The Morgan fingerprint density at radius 3 is 2.54 bits per heavy atom.